The van der Waals surface area contributed by atoms with E-state index in [1.54, 1.807) is 23.0 Å². The average molecular weight is 313 g/mol. The molecule has 0 radical (unpaired) electrons. The first kappa shape index (κ1) is 13.9. The standard InChI is InChI=1S/C16H16FN5O/c1-23-14-3-2-10(8-13(14)17)11-6-12(7-11)19-15-4-5-16-20-18-9-22(16)21-15/h2-5,8-9,11-12H,6-7H2,1H3,(H,19,21). The van der Waals surface area contributed by atoms with Crippen molar-refractivity contribution < 1.29 is 9.13 Å². The van der Waals surface area contributed by atoms with Gasteiger partial charge in [0.05, 0.1) is 7.11 Å². The zero-order valence-corrected chi connectivity index (χ0v) is 12.6. The van der Waals surface area contributed by atoms with E-state index in [0.717, 1.165) is 29.9 Å². The van der Waals surface area contributed by atoms with Gasteiger partial charge in [0.25, 0.3) is 0 Å². The summed E-state index contributed by atoms with van der Waals surface area (Å²) in [6.45, 7) is 0. The number of hydrogen-bond acceptors (Lipinski definition) is 5. The van der Waals surface area contributed by atoms with Gasteiger partial charge in [-0.05, 0) is 48.6 Å². The third kappa shape index (κ3) is 2.58. The fourth-order valence-corrected chi connectivity index (χ4v) is 2.96. The minimum atomic E-state index is -0.305. The maximum Gasteiger partial charge on any atom is 0.177 e. The molecule has 0 unspecified atom stereocenters. The molecule has 4 rings (SSSR count). The highest BCUT2D eigenvalue weighted by molar-refractivity contribution is 5.44. The number of nitrogens with zero attached hydrogens (tertiary/aromatic N) is 4. The van der Waals surface area contributed by atoms with Crippen LogP contribution in [-0.2, 0) is 0 Å². The van der Waals surface area contributed by atoms with Crippen LogP contribution in [0.3, 0.4) is 0 Å². The summed E-state index contributed by atoms with van der Waals surface area (Å²) in [7, 11) is 1.47. The number of hydrogen-bond donors (Lipinski definition) is 1. The van der Waals surface area contributed by atoms with Gasteiger partial charge in [-0.3, -0.25) is 0 Å². The largest absolute Gasteiger partial charge is 0.494 e. The van der Waals surface area contributed by atoms with Crippen molar-refractivity contribution in [2.75, 3.05) is 12.4 Å². The van der Waals surface area contributed by atoms with E-state index >= 15 is 0 Å². The van der Waals surface area contributed by atoms with Crippen LogP contribution in [0.25, 0.3) is 5.65 Å². The van der Waals surface area contributed by atoms with Crippen molar-refractivity contribution in [2.24, 2.45) is 0 Å². The quantitative estimate of drug-likeness (QED) is 0.802. The van der Waals surface area contributed by atoms with Crippen molar-refractivity contribution in [3.63, 3.8) is 0 Å². The van der Waals surface area contributed by atoms with Crippen LogP contribution in [0.5, 0.6) is 5.75 Å². The Kier molecular flexibility index (Phi) is 3.33. The molecule has 7 heteroatoms. The summed E-state index contributed by atoms with van der Waals surface area (Å²) in [4.78, 5) is 0. The fourth-order valence-electron chi connectivity index (χ4n) is 2.96. The van der Waals surface area contributed by atoms with E-state index in [1.165, 1.54) is 7.11 Å². The smallest absolute Gasteiger partial charge is 0.177 e. The highest BCUT2D eigenvalue weighted by Gasteiger charge is 2.31. The molecule has 2 aromatic heterocycles. The van der Waals surface area contributed by atoms with Gasteiger partial charge in [0.15, 0.2) is 17.2 Å². The van der Waals surface area contributed by atoms with E-state index in [9.17, 15) is 4.39 Å². The lowest BCUT2D eigenvalue weighted by Gasteiger charge is -2.36. The summed E-state index contributed by atoms with van der Waals surface area (Å²) < 4.78 is 20.4. The molecule has 0 amide bonds. The third-order valence-electron chi connectivity index (χ3n) is 4.30. The van der Waals surface area contributed by atoms with Crippen LogP contribution in [-0.4, -0.2) is 33.0 Å². The van der Waals surface area contributed by atoms with Crippen LogP contribution < -0.4 is 10.1 Å². The van der Waals surface area contributed by atoms with Gasteiger partial charge < -0.3 is 10.1 Å². The molecule has 0 spiro atoms. The Morgan fingerprint density at radius 2 is 2.13 bits per heavy atom. The molecule has 1 aliphatic rings. The Balaban J connectivity index is 1.40. The number of halogens is 1. The lowest BCUT2D eigenvalue weighted by atomic mass is 9.76. The van der Waals surface area contributed by atoms with Gasteiger partial charge >= 0.3 is 0 Å². The lowest BCUT2D eigenvalue weighted by molar-refractivity contribution is 0.365. The molecule has 3 aromatic rings. The Bertz CT molecular complexity index is 843. The van der Waals surface area contributed by atoms with Crippen LogP contribution in [0.1, 0.15) is 24.3 Å². The van der Waals surface area contributed by atoms with Crippen molar-refractivity contribution in [1.29, 1.82) is 0 Å². The number of aromatic nitrogens is 4. The number of rotatable bonds is 4. The molecule has 0 atom stereocenters. The molecule has 1 N–H and O–H groups in total. The molecular weight excluding hydrogens is 297 g/mol. The second-order valence-electron chi connectivity index (χ2n) is 5.76. The van der Waals surface area contributed by atoms with Gasteiger partial charge in [-0.25, -0.2) is 4.39 Å². The number of ether oxygens (including phenoxy) is 1. The van der Waals surface area contributed by atoms with Gasteiger partial charge in [-0.1, -0.05) is 6.07 Å². The van der Waals surface area contributed by atoms with Crippen molar-refractivity contribution in [3.8, 4) is 5.75 Å². The number of anilines is 1. The number of methoxy groups -OCH3 is 1. The molecule has 2 heterocycles. The summed E-state index contributed by atoms with van der Waals surface area (Å²) in [5.41, 5.74) is 1.74. The van der Waals surface area contributed by atoms with E-state index in [-0.39, 0.29) is 11.6 Å². The summed E-state index contributed by atoms with van der Waals surface area (Å²) in [5.74, 6) is 1.14. The summed E-state index contributed by atoms with van der Waals surface area (Å²) in [6, 6.07) is 9.30. The second kappa shape index (κ2) is 5.49. The van der Waals surface area contributed by atoms with Gasteiger partial charge in [-0.2, -0.15) is 4.52 Å². The first-order valence-corrected chi connectivity index (χ1v) is 7.50. The first-order chi connectivity index (χ1) is 11.2. The minimum Gasteiger partial charge on any atom is -0.494 e. The highest BCUT2D eigenvalue weighted by Crippen LogP contribution is 2.39. The monoisotopic (exact) mass is 313 g/mol. The summed E-state index contributed by atoms with van der Waals surface area (Å²) >= 11 is 0. The van der Waals surface area contributed by atoms with E-state index in [1.807, 2.05) is 18.2 Å². The Labute approximate surface area is 132 Å². The van der Waals surface area contributed by atoms with Gasteiger partial charge in [0.1, 0.15) is 12.1 Å². The first-order valence-electron chi connectivity index (χ1n) is 7.50. The molecule has 1 fully saturated rings. The minimum absolute atomic E-state index is 0.286. The van der Waals surface area contributed by atoms with Crippen molar-refractivity contribution in [2.45, 2.75) is 24.8 Å². The molecule has 23 heavy (non-hydrogen) atoms. The predicted molar refractivity (Wildman–Crippen MR) is 83.1 cm³/mol. The normalized spacial score (nSPS) is 20.3. The second-order valence-corrected chi connectivity index (χ2v) is 5.76. The van der Waals surface area contributed by atoms with E-state index in [2.05, 4.69) is 20.6 Å². The summed E-state index contributed by atoms with van der Waals surface area (Å²) in [6.07, 6.45) is 3.48. The molecule has 6 nitrogen and oxygen atoms in total. The molecule has 0 bridgehead atoms. The Morgan fingerprint density at radius 3 is 2.91 bits per heavy atom. The van der Waals surface area contributed by atoms with Crippen LogP contribution in [0, 0.1) is 5.82 Å². The van der Waals surface area contributed by atoms with Crippen molar-refractivity contribution in [1.82, 2.24) is 19.8 Å². The van der Waals surface area contributed by atoms with E-state index in [4.69, 9.17) is 4.74 Å². The highest BCUT2D eigenvalue weighted by atomic mass is 19.1. The van der Waals surface area contributed by atoms with Gasteiger partial charge in [0, 0.05) is 6.04 Å². The maximum absolute atomic E-state index is 13.8. The fraction of sp³-hybridized carbons (Fsp3) is 0.312. The molecule has 0 aliphatic heterocycles. The molecule has 118 valence electrons. The summed E-state index contributed by atoms with van der Waals surface area (Å²) in [5, 5.41) is 15.5. The van der Waals surface area contributed by atoms with Crippen molar-refractivity contribution >= 4 is 11.5 Å². The Morgan fingerprint density at radius 1 is 1.26 bits per heavy atom. The SMILES string of the molecule is COc1ccc(C2CC(Nc3ccc4nncn4n3)C2)cc1F. The average Bonchev–Trinajstić information content (AvgIpc) is 2.98. The van der Waals surface area contributed by atoms with Crippen LogP contribution >= 0.6 is 0 Å². The van der Waals surface area contributed by atoms with Crippen LogP contribution in [0.15, 0.2) is 36.7 Å². The zero-order valence-electron chi connectivity index (χ0n) is 12.6. The molecule has 1 aliphatic carbocycles. The topological polar surface area (TPSA) is 64.3 Å². The van der Waals surface area contributed by atoms with E-state index in [0.29, 0.717) is 12.0 Å². The van der Waals surface area contributed by atoms with Crippen LogP contribution in [0.4, 0.5) is 10.2 Å². The molecule has 0 saturated heterocycles. The molecule has 1 saturated carbocycles. The van der Waals surface area contributed by atoms with Gasteiger partial charge in [-0.15, -0.1) is 15.3 Å². The zero-order chi connectivity index (χ0) is 15.8. The maximum atomic E-state index is 13.8. The number of fused-ring (bicyclic) bond motifs is 1. The van der Waals surface area contributed by atoms with Gasteiger partial charge in [0.2, 0.25) is 0 Å². The predicted octanol–water partition coefficient (Wildman–Crippen LogP) is 2.63. The Hall–Kier alpha value is -2.70. The number of nitrogens with one attached hydrogen (secondary N) is 1. The van der Waals surface area contributed by atoms with Crippen molar-refractivity contribution in [3.05, 3.63) is 48.0 Å². The molecular formula is C16H16FN5O. The number of benzene rings is 1. The van der Waals surface area contributed by atoms with Crippen LogP contribution in [0.2, 0.25) is 0 Å². The third-order valence-corrected chi connectivity index (χ3v) is 4.30. The van der Waals surface area contributed by atoms with E-state index < -0.39 is 0 Å². The molecule has 1 aromatic carbocycles. The lowest BCUT2D eigenvalue weighted by Crippen LogP contribution is -2.34.